The average Bonchev–Trinajstić information content (AvgIpc) is 0.847. The Morgan fingerprint density at radius 2 is 0.614 bits per heavy atom. The summed E-state index contributed by atoms with van der Waals surface area (Å²) in [5.74, 6) is -0.823. The molecule has 7 aromatic heterocycles. The van der Waals surface area contributed by atoms with Crippen LogP contribution in [0.5, 0.6) is 0 Å². The van der Waals surface area contributed by atoms with Crippen molar-refractivity contribution >= 4 is 81.0 Å². The van der Waals surface area contributed by atoms with Gasteiger partial charge in [0.15, 0.2) is 68.7 Å². The lowest BCUT2D eigenvalue weighted by Crippen LogP contribution is -2.46. The Kier molecular flexibility index (Phi) is 56.9. The normalized spacial score (nSPS) is 9.39. The zero-order chi connectivity index (χ0) is 80.9. The quantitative estimate of drug-likeness (QED) is 0.0220. The molecule has 8 aromatic rings. The monoisotopic (exact) mass is 1570 g/mol. The number of carbonyl (C=O) groups is 14. The van der Waals surface area contributed by atoms with Gasteiger partial charge >= 0.3 is 0 Å². The van der Waals surface area contributed by atoms with Gasteiger partial charge in [0.2, 0.25) is 126 Å². The molecule has 1 aromatic carbocycles. The van der Waals surface area contributed by atoms with Gasteiger partial charge in [-0.15, -0.1) is 0 Å². The molecule has 0 aliphatic heterocycles. The first-order chi connectivity index (χ1) is 50.5. The first kappa shape index (κ1) is 113. The van der Waals surface area contributed by atoms with Crippen LogP contribution in [0.4, 0.5) is 0 Å². The van der Waals surface area contributed by atoms with Crippen LogP contribution in [0.2, 0.25) is 0 Å². The van der Waals surface area contributed by atoms with E-state index in [-0.39, 0.29) is 153 Å². The van der Waals surface area contributed by atoms with Gasteiger partial charge in [0, 0.05) is 190 Å². The molecule has 0 amide bonds. The van der Waals surface area contributed by atoms with Gasteiger partial charge in [-0.25, -0.2) is 0 Å². The SMILES string of the molecule is C=CC[n+]1ccc(C(C)=O)cc1C(C)=O.CC(=O)c1cc[n+](C)c(C(C)=O)c1.CC(=O)c1cc[n+](CCO)c(C(C)=O)c1.CC(=O)c1cccc(C(C)=O)[n+]1CCO.CC(=O)c1cccc(C(C)=O)[n+]1Cc1ccccc1.CC[n+]1c(C(C)=O)cccc1C(C)=O.COCC[n+]1c(C(C)=O)cccc1C(C)=O.[CH3-].[CH3-].[CH3-].[CH3-].[CH3-].[CH3-].[CH3-]. The zero-order valence-corrected chi connectivity index (χ0v) is 71.3. The summed E-state index contributed by atoms with van der Waals surface area (Å²) in [7, 11) is 3.37. The second kappa shape index (κ2) is 57.3. The van der Waals surface area contributed by atoms with Gasteiger partial charge in [-0.2, -0.15) is 32.0 Å². The van der Waals surface area contributed by atoms with Crippen molar-refractivity contribution in [3.8, 4) is 0 Å². The van der Waals surface area contributed by atoms with Crippen molar-refractivity contribution < 1.29 is 114 Å². The van der Waals surface area contributed by atoms with Crippen LogP contribution < -0.4 is 32.0 Å². The van der Waals surface area contributed by atoms with Gasteiger partial charge in [-0.05, 0) is 58.0 Å². The third kappa shape index (κ3) is 35.7. The minimum Gasteiger partial charge on any atom is -0.390 e. The maximum Gasteiger partial charge on any atom is 0.249 e. The highest BCUT2D eigenvalue weighted by Crippen LogP contribution is 2.09. The van der Waals surface area contributed by atoms with Gasteiger partial charge in [-0.3, -0.25) is 67.1 Å². The number of nitrogens with zero attached hydrogens (tertiary/aromatic N) is 7. The highest BCUT2D eigenvalue weighted by atomic mass is 16.5. The summed E-state index contributed by atoms with van der Waals surface area (Å²) in [5.41, 5.74) is 8.44. The number of aromatic nitrogens is 7. The third-order valence-corrected chi connectivity index (χ3v) is 15.8. The summed E-state index contributed by atoms with van der Waals surface area (Å²) in [6, 6.07) is 40.2. The molecule has 114 heavy (non-hydrogen) atoms. The smallest absolute Gasteiger partial charge is 0.249 e. The third-order valence-electron chi connectivity index (χ3n) is 15.8. The minimum atomic E-state index is -0.119. The van der Waals surface area contributed by atoms with E-state index in [4.69, 9.17) is 14.9 Å². The number of allylic oxidation sites excluding steroid dienone is 1. The Labute approximate surface area is 676 Å². The first-order valence-electron chi connectivity index (χ1n) is 34.1. The molecule has 8 rings (SSSR count). The Balaban J connectivity index is -0.000000296. The second-order valence-corrected chi connectivity index (χ2v) is 24.2. The van der Waals surface area contributed by atoms with E-state index in [9.17, 15) is 67.1 Å². The predicted octanol–water partition coefficient (Wildman–Crippen LogP) is 11.2. The van der Waals surface area contributed by atoms with Crippen LogP contribution in [0.15, 0.2) is 171 Å². The van der Waals surface area contributed by atoms with Crippen molar-refractivity contribution in [1.82, 2.24) is 0 Å². The number of rotatable bonds is 26. The number of aryl methyl sites for hydroxylation is 1. The first-order valence-corrected chi connectivity index (χ1v) is 34.1. The van der Waals surface area contributed by atoms with Crippen molar-refractivity contribution in [2.24, 2.45) is 7.05 Å². The van der Waals surface area contributed by atoms with Gasteiger partial charge in [0.05, 0.1) is 0 Å². The second-order valence-electron chi connectivity index (χ2n) is 24.2. The fraction of sp³-hybridized carbons (Fsp3) is 0.289. The average molecular weight is 1570 g/mol. The van der Waals surface area contributed by atoms with Crippen LogP contribution in [0, 0.1) is 52.0 Å². The van der Waals surface area contributed by atoms with Gasteiger partial charge in [-0.1, -0.05) is 36.9 Å². The number of aliphatic hydroxyl groups is 2. The molecule has 618 valence electrons. The summed E-state index contributed by atoms with van der Waals surface area (Å²) in [4.78, 5) is 158. The molecule has 0 atom stereocenters. The molecule has 0 aliphatic carbocycles. The van der Waals surface area contributed by atoms with Crippen molar-refractivity contribution in [2.45, 2.75) is 143 Å². The number of ketones is 14. The van der Waals surface area contributed by atoms with E-state index in [0.29, 0.717) is 119 Å². The number of Topliss-reactive ketones (excluding diaryl/α,β-unsaturated/α-hetero) is 14. The highest BCUT2D eigenvalue weighted by molar-refractivity contribution is 6.00. The summed E-state index contributed by atoms with van der Waals surface area (Å²) in [6.45, 7) is 29.4. The number of ether oxygens (including phenoxy) is 1. The van der Waals surface area contributed by atoms with Crippen molar-refractivity contribution in [3.05, 3.63) is 308 Å². The lowest BCUT2D eigenvalue weighted by molar-refractivity contribution is -0.701. The van der Waals surface area contributed by atoms with Crippen molar-refractivity contribution in [3.63, 3.8) is 0 Å². The minimum absolute atomic E-state index is 0. The molecular formula is C90H121N7O17. The molecule has 0 saturated heterocycles. The maximum atomic E-state index is 11.7. The van der Waals surface area contributed by atoms with Gasteiger partial charge in [0.1, 0.15) is 33.4 Å². The van der Waals surface area contributed by atoms with Crippen molar-refractivity contribution in [1.29, 1.82) is 0 Å². The van der Waals surface area contributed by atoms with E-state index in [1.807, 2.05) is 37.3 Å². The largest absolute Gasteiger partial charge is 0.390 e. The number of hydrogen-bond donors (Lipinski definition) is 2. The Morgan fingerprint density at radius 1 is 0.333 bits per heavy atom. The number of methoxy groups -OCH3 is 1. The van der Waals surface area contributed by atoms with Crippen LogP contribution >= 0.6 is 0 Å². The summed E-state index contributed by atoms with van der Waals surface area (Å²) in [5, 5.41) is 17.7. The fourth-order valence-electron chi connectivity index (χ4n) is 10.5. The van der Waals surface area contributed by atoms with Crippen LogP contribution in [0.25, 0.3) is 0 Å². The molecule has 0 spiro atoms. The molecule has 24 heteroatoms. The molecule has 0 saturated carbocycles. The molecule has 0 radical (unpaired) electrons. The number of hydrogen-bond acceptors (Lipinski definition) is 17. The van der Waals surface area contributed by atoms with Gasteiger partial charge in [0.25, 0.3) is 0 Å². The van der Waals surface area contributed by atoms with Gasteiger partial charge < -0.3 is 66.9 Å². The van der Waals surface area contributed by atoms with Crippen LogP contribution in [-0.4, -0.2) is 118 Å². The molecule has 24 nitrogen and oxygen atoms in total. The summed E-state index contributed by atoms with van der Waals surface area (Å²) >= 11 is 0. The summed E-state index contributed by atoms with van der Waals surface area (Å²) < 4.78 is 16.8. The Hall–Kier alpha value is -11.7. The standard InChI is InChI=1S/C16H16NO2.C12H16NO3.C12H14NO2.2C11H14NO3.C11H14NO2.C10H12NO2.7CH3/c1-12(18)15-9-6-10-16(13(2)19)17(15)11-14-7-4-3-5-8-14;1-9(14)11-5-4-6-12(10(2)15)13(11)7-8-16-3;1-4-6-13-7-5-11(9(2)14)8-12(13)10(3)15;1-8(14)10-3-4-12(5-6-13)11(7-10)9(2)15;1-8(14)10-4-3-5-11(9(2)15)12(10)6-7-13;1-4-12-10(8(2)13)6-5-7-11(12)9(3)14;1-7(12)9-4-5-11(3)10(6-9)8(2)13;;;;;;;/h3-10H,11H2,1-2H3;4-6H,7-8H2,1-3H3;4-5,7-8H,1,6H2,2-3H3;3-4,7,13H,5-6H2,1-2H3;3-5,13H,6-7H2,1-2H3;5-7H,4H2,1-3H3;4-6H,1-3H3;7*1H3/q7*+1;7*-1. The molecule has 0 bridgehead atoms. The highest BCUT2D eigenvalue weighted by Gasteiger charge is 2.27. The zero-order valence-electron chi connectivity index (χ0n) is 71.3. The van der Waals surface area contributed by atoms with E-state index < -0.39 is 0 Å². The molecular weight excluding hydrogens is 1450 g/mol. The van der Waals surface area contributed by atoms with Crippen LogP contribution in [-0.2, 0) is 51.1 Å². The topological polar surface area (TPSA) is 316 Å². The predicted molar refractivity (Wildman–Crippen MR) is 440 cm³/mol. The number of pyridine rings is 7. The molecule has 7 heterocycles. The Morgan fingerprint density at radius 3 is 0.904 bits per heavy atom. The number of aliphatic hydroxyl groups excluding tert-OH is 2. The number of carbonyl (C=O) groups excluding carboxylic acids is 14. The number of benzene rings is 1. The summed E-state index contributed by atoms with van der Waals surface area (Å²) in [6.07, 6.45) is 6.80. The van der Waals surface area contributed by atoms with E-state index >= 15 is 0 Å². The Bertz CT molecular complexity index is 4470. The van der Waals surface area contributed by atoms with Crippen molar-refractivity contribution in [2.75, 3.05) is 26.9 Å². The maximum absolute atomic E-state index is 11.7. The van der Waals surface area contributed by atoms with Crippen LogP contribution in [0.3, 0.4) is 0 Å². The lowest BCUT2D eigenvalue weighted by atomic mass is 10.1. The lowest BCUT2D eigenvalue weighted by Gasteiger charge is -2.05. The van der Waals surface area contributed by atoms with E-state index in [2.05, 4.69) is 6.58 Å². The molecule has 0 fully saturated rings. The van der Waals surface area contributed by atoms with E-state index in [1.165, 1.54) is 96.9 Å². The van der Waals surface area contributed by atoms with E-state index in [0.717, 1.165) is 5.56 Å². The molecule has 0 unspecified atom stereocenters. The molecule has 2 N–H and O–H groups in total. The fourth-order valence-corrected chi connectivity index (χ4v) is 10.5. The molecule has 0 aliphatic rings. The van der Waals surface area contributed by atoms with Crippen LogP contribution in [0.1, 0.15) is 256 Å². The van der Waals surface area contributed by atoms with E-state index in [1.54, 1.807) is 180 Å².